The highest BCUT2D eigenvalue weighted by Crippen LogP contribution is 2.39. The maximum Gasteiger partial charge on any atom is 0.166 e. The van der Waals surface area contributed by atoms with Crippen LogP contribution in [0.15, 0.2) is 54.6 Å². The zero-order valence-electron chi connectivity index (χ0n) is 22.5. The van der Waals surface area contributed by atoms with Crippen LogP contribution in [-0.2, 0) is 6.42 Å². The van der Waals surface area contributed by atoms with E-state index in [1.807, 2.05) is 6.07 Å². The smallest absolute Gasteiger partial charge is 0.166 e. The lowest BCUT2D eigenvalue weighted by atomic mass is 9.77. The van der Waals surface area contributed by atoms with Crippen molar-refractivity contribution in [2.24, 2.45) is 5.92 Å². The molecule has 0 nitrogen and oxygen atoms in total. The summed E-state index contributed by atoms with van der Waals surface area (Å²) in [4.78, 5) is 0. The molecule has 3 heteroatoms. The quantitative estimate of drug-likeness (QED) is 0.227. The molecular formula is C34H41F3. The Labute approximate surface area is 221 Å². The van der Waals surface area contributed by atoms with Crippen molar-refractivity contribution >= 4 is 0 Å². The Morgan fingerprint density at radius 3 is 1.95 bits per heavy atom. The normalized spacial score (nSPS) is 17.8. The predicted molar refractivity (Wildman–Crippen MR) is 149 cm³/mol. The van der Waals surface area contributed by atoms with E-state index in [1.165, 1.54) is 32.1 Å². The topological polar surface area (TPSA) is 0 Å². The van der Waals surface area contributed by atoms with Gasteiger partial charge in [-0.05, 0) is 78.7 Å². The van der Waals surface area contributed by atoms with Gasteiger partial charge in [-0.15, -0.1) is 0 Å². The lowest BCUT2D eigenvalue weighted by Crippen LogP contribution is -2.13. The molecule has 0 bridgehead atoms. The zero-order chi connectivity index (χ0) is 26.2. The molecule has 1 saturated carbocycles. The molecule has 3 aromatic rings. The monoisotopic (exact) mass is 506 g/mol. The number of hydrogen-bond acceptors (Lipinski definition) is 0. The highest BCUT2D eigenvalue weighted by Gasteiger charge is 2.23. The number of benzene rings is 3. The van der Waals surface area contributed by atoms with Gasteiger partial charge < -0.3 is 0 Å². The van der Waals surface area contributed by atoms with Gasteiger partial charge in [0.25, 0.3) is 0 Å². The van der Waals surface area contributed by atoms with Gasteiger partial charge in [-0.1, -0.05) is 101 Å². The summed E-state index contributed by atoms with van der Waals surface area (Å²) >= 11 is 0. The number of aryl methyl sites for hydroxylation is 1. The molecule has 0 aromatic heterocycles. The van der Waals surface area contributed by atoms with Crippen molar-refractivity contribution in [1.29, 1.82) is 0 Å². The van der Waals surface area contributed by atoms with Gasteiger partial charge in [0.2, 0.25) is 0 Å². The highest BCUT2D eigenvalue weighted by molar-refractivity contribution is 5.71. The molecule has 0 radical (unpaired) electrons. The first-order valence-electron chi connectivity index (χ1n) is 14.4. The van der Waals surface area contributed by atoms with Crippen LogP contribution in [0.5, 0.6) is 0 Å². The summed E-state index contributed by atoms with van der Waals surface area (Å²) in [6, 6.07) is 16.1. The first-order valence-corrected chi connectivity index (χ1v) is 14.4. The van der Waals surface area contributed by atoms with E-state index in [1.54, 1.807) is 42.5 Å². The van der Waals surface area contributed by atoms with Crippen molar-refractivity contribution < 1.29 is 13.2 Å². The molecule has 198 valence electrons. The van der Waals surface area contributed by atoms with Gasteiger partial charge in [-0.25, -0.2) is 13.2 Å². The molecular weight excluding hydrogens is 465 g/mol. The average Bonchev–Trinajstić information content (AvgIpc) is 2.92. The van der Waals surface area contributed by atoms with E-state index in [2.05, 4.69) is 19.9 Å². The molecule has 0 atom stereocenters. The Bertz CT molecular complexity index is 1140. The standard InChI is InChI=1S/C34H41F3/c1-3-5-6-7-8-10-28-19-22-31(34(37)33(28)36)27-17-15-26(16-18-27)30-21-20-29(23-32(30)35)25-13-11-24(9-4-2)12-14-25/h15-25H,3-14H2,1-2H3. The number of halogens is 3. The summed E-state index contributed by atoms with van der Waals surface area (Å²) in [6.07, 6.45) is 13.2. The lowest BCUT2D eigenvalue weighted by molar-refractivity contribution is 0.308. The van der Waals surface area contributed by atoms with Gasteiger partial charge in [0.15, 0.2) is 11.6 Å². The predicted octanol–water partition coefficient (Wildman–Crippen LogP) is 11.0. The maximum atomic E-state index is 15.1. The minimum Gasteiger partial charge on any atom is -0.206 e. The fourth-order valence-corrected chi connectivity index (χ4v) is 5.97. The van der Waals surface area contributed by atoms with Crippen molar-refractivity contribution in [1.82, 2.24) is 0 Å². The van der Waals surface area contributed by atoms with Crippen LogP contribution in [0.4, 0.5) is 13.2 Å². The molecule has 1 aliphatic carbocycles. The Morgan fingerprint density at radius 2 is 1.30 bits per heavy atom. The average molecular weight is 507 g/mol. The molecule has 37 heavy (non-hydrogen) atoms. The second-order valence-electron chi connectivity index (χ2n) is 10.9. The third-order valence-corrected chi connectivity index (χ3v) is 8.23. The van der Waals surface area contributed by atoms with Gasteiger partial charge >= 0.3 is 0 Å². The van der Waals surface area contributed by atoms with Crippen LogP contribution >= 0.6 is 0 Å². The molecule has 0 unspecified atom stereocenters. The maximum absolute atomic E-state index is 15.1. The summed E-state index contributed by atoms with van der Waals surface area (Å²) in [5.41, 5.74) is 3.65. The van der Waals surface area contributed by atoms with Crippen molar-refractivity contribution in [2.45, 2.75) is 96.8 Å². The van der Waals surface area contributed by atoms with E-state index in [0.29, 0.717) is 29.0 Å². The molecule has 1 fully saturated rings. The molecule has 0 aliphatic heterocycles. The molecule has 0 saturated heterocycles. The molecule has 1 aliphatic rings. The molecule has 3 aromatic carbocycles. The third kappa shape index (κ3) is 6.86. The third-order valence-electron chi connectivity index (χ3n) is 8.23. The SMILES string of the molecule is CCCCCCCc1ccc(-c2ccc(-c3ccc(C4CCC(CCC)CC4)cc3F)cc2)c(F)c1F. The van der Waals surface area contributed by atoms with Crippen molar-refractivity contribution in [3.63, 3.8) is 0 Å². The van der Waals surface area contributed by atoms with E-state index in [-0.39, 0.29) is 11.4 Å². The Morgan fingerprint density at radius 1 is 0.649 bits per heavy atom. The van der Waals surface area contributed by atoms with E-state index in [4.69, 9.17) is 0 Å². The first-order chi connectivity index (χ1) is 18.0. The summed E-state index contributed by atoms with van der Waals surface area (Å²) in [5, 5.41) is 0. The van der Waals surface area contributed by atoms with E-state index >= 15 is 4.39 Å². The van der Waals surface area contributed by atoms with Gasteiger partial charge in [-0.3, -0.25) is 0 Å². The van der Waals surface area contributed by atoms with Gasteiger partial charge in [0, 0.05) is 11.1 Å². The van der Waals surface area contributed by atoms with Crippen LogP contribution in [0.25, 0.3) is 22.3 Å². The summed E-state index contributed by atoms with van der Waals surface area (Å²) in [6.45, 7) is 4.40. The van der Waals surface area contributed by atoms with Crippen LogP contribution in [0.1, 0.15) is 102 Å². The molecule has 4 rings (SSSR count). The fourth-order valence-electron chi connectivity index (χ4n) is 5.97. The minimum absolute atomic E-state index is 0.221. The van der Waals surface area contributed by atoms with Gasteiger partial charge in [-0.2, -0.15) is 0 Å². The van der Waals surface area contributed by atoms with Crippen LogP contribution in [0.3, 0.4) is 0 Å². The molecule has 0 N–H and O–H groups in total. The molecule has 0 spiro atoms. The van der Waals surface area contributed by atoms with E-state index < -0.39 is 11.6 Å². The molecule has 0 amide bonds. The first kappa shape index (κ1) is 27.5. The highest BCUT2D eigenvalue weighted by atomic mass is 19.2. The van der Waals surface area contributed by atoms with E-state index in [0.717, 1.165) is 55.6 Å². The van der Waals surface area contributed by atoms with Crippen LogP contribution in [0.2, 0.25) is 0 Å². The lowest BCUT2D eigenvalue weighted by Gasteiger charge is -2.28. The van der Waals surface area contributed by atoms with Gasteiger partial charge in [0.05, 0.1) is 0 Å². The summed E-state index contributed by atoms with van der Waals surface area (Å²) in [5.74, 6) is -0.503. The van der Waals surface area contributed by atoms with Gasteiger partial charge in [0.1, 0.15) is 5.82 Å². The summed E-state index contributed by atoms with van der Waals surface area (Å²) in [7, 11) is 0. The Balaban J connectivity index is 1.43. The number of unbranched alkanes of at least 4 members (excludes halogenated alkanes) is 4. The van der Waals surface area contributed by atoms with Crippen molar-refractivity contribution in [3.05, 3.63) is 83.2 Å². The molecule has 0 heterocycles. The van der Waals surface area contributed by atoms with Crippen LogP contribution in [0, 0.1) is 23.4 Å². The zero-order valence-corrected chi connectivity index (χ0v) is 22.5. The number of hydrogen-bond donors (Lipinski definition) is 0. The second kappa shape index (κ2) is 13.3. The summed E-state index contributed by atoms with van der Waals surface area (Å²) < 4.78 is 44.8. The second-order valence-corrected chi connectivity index (χ2v) is 10.9. The number of rotatable bonds is 11. The largest absolute Gasteiger partial charge is 0.206 e. The van der Waals surface area contributed by atoms with Crippen LogP contribution < -0.4 is 0 Å². The van der Waals surface area contributed by atoms with Crippen LogP contribution in [-0.4, -0.2) is 0 Å². The Hall–Kier alpha value is -2.55. The fraction of sp³-hybridized carbons (Fsp3) is 0.471. The van der Waals surface area contributed by atoms with E-state index in [9.17, 15) is 8.78 Å². The Kier molecular flexibility index (Phi) is 9.88. The van der Waals surface area contributed by atoms with Crippen molar-refractivity contribution in [3.8, 4) is 22.3 Å². The minimum atomic E-state index is -0.803. The van der Waals surface area contributed by atoms with Crippen molar-refractivity contribution in [2.75, 3.05) is 0 Å².